The van der Waals surface area contributed by atoms with Crippen molar-refractivity contribution in [1.29, 1.82) is 0 Å². The number of halogens is 1. The van der Waals surface area contributed by atoms with E-state index in [2.05, 4.69) is 4.98 Å². The zero-order chi connectivity index (χ0) is 13.3. The highest BCUT2D eigenvalue weighted by Gasteiger charge is 2.26. The minimum absolute atomic E-state index is 0.0290. The number of rotatable bonds is 2. The minimum Gasteiger partial charge on any atom is -0.476 e. The van der Waals surface area contributed by atoms with Crippen molar-refractivity contribution in [3.05, 3.63) is 23.8 Å². The average Bonchev–Trinajstić information content (AvgIpc) is 2.27. The van der Waals surface area contributed by atoms with Gasteiger partial charge in [-0.3, -0.25) is 0 Å². The summed E-state index contributed by atoms with van der Waals surface area (Å²) >= 11 is 0. The zero-order valence-corrected chi connectivity index (χ0v) is 10.3. The lowest BCUT2D eigenvalue weighted by Crippen LogP contribution is -2.46. The topological polar surface area (TPSA) is 62.7 Å². The molecular formula is C12H15FN2O3. The van der Waals surface area contributed by atoms with Crippen molar-refractivity contribution in [3.63, 3.8) is 0 Å². The second-order valence-corrected chi connectivity index (χ2v) is 4.49. The third-order valence-electron chi connectivity index (χ3n) is 2.80. The molecule has 0 saturated carbocycles. The number of hydrogen-bond donors (Lipinski definition) is 1. The lowest BCUT2D eigenvalue weighted by Gasteiger charge is -2.37. The van der Waals surface area contributed by atoms with Crippen LogP contribution in [0.5, 0.6) is 0 Å². The molecule has 98 valence electrons. The summed E-state index contributed by atoms with van der Waals surface area (Å²) in [7, 11) is 0. The minimum atomic E-state index is -1.16. The number of nitrogens with zero attached hydrogens (tertiary/aromatic N) is 2. The maximum Gasteiger partial charge on any atom is 0.356 e. The van der Waals surface area contributed by atoms with Gasteiger partial charge < -0.3 is 14.7 Å². The van der Waals surface area contributed by atoms with E-state index in [1.165, 1.54) is 6.07 Å². The highest BCUT2D eigenvalue weighted by Crippen LogP contribution is 2.24. The normalized spacial score (nSPS) is 24.1. The van der Waals surface area contributed by atoms with Gasteiger partial charge >= 0.3 is 5.97 Å². The third kappa shape index (κ3) is 2.59. The van der Waals surface area contributed by atoms with Gasteiger partial charge in [-0.1, -0.05) is 0 Å². The molecule has 1 N–H and O–H groups in total. The summed E-state index contributed by atoms with van der Waals surface area (Å²) in [5.41, 5.74) is 0.183. The molecule has 1 fully saturated rings. The Balaban J connectivity index is 2.36. The highest BCUT2D eigenvalue weighted by atomic mass is 19.1. The molecular weight excluding hydrogens is 239 g/mol. The number of ether oxygens (including phenoxy) is 1. The summed E-state index contributed by atoms with van der Waals surface area (Å²) in [5.74, 6) is -1.70. The van der Waals surface area contributed by atoms with Gasteiger partial charge in [0, 0.05) is 19.2 Å². The number of carboxylic acid groups (broad SMARTS) is 1. The monoisotopic (exact) mass is 254 g/mol. The molecule has 0 aliphatic carbocycles. The van der Waals surface area contributed by atoms with Crippen molar-refractivity contribution in [1.82, 2.24) is 4.98 Å². The molecule has 2 atom stereocenters. The van der Waals surface area contributed by atoms with Crippen LogP contribution in [0.4, 0.5) is 10.1 Å². The maximum atomic E-state index is 13.2. The van der Waals surface area contributed by atoms with Crippen LogP contribution in [0.2, 0.25) is 0 Å². The fourth-order valence-corrected chi connectivity index (χ4v) is 2.21. The molecule has 0 radical (unpaired) electrons. The van der Waals surface area contributed by atoms with Crippen LogP contribution in [0.15, 0.2) is 12.3 Å². The standard InChI is InChI=1S/C12H15FN2O3/c1-7-5-15(6-8(2)18-7)10-3-9(13)4-14-11(10)12(16)17/h3-4,7-8H,5-6H2,1-2H3,(H,16,17)/t7-,8+. The average molecular weight is 254 g/mol. The second kappa shape index (κ2) is 4.89. The largest absolute Gasteiger partial charge is 0.476 e. The van der Waals surface area contributed by atoms with Gasteiger partial charge in [-0.05, 0) is 13.8 Å². The summed E-state index contributed by atoms with van der Waals surface area (Å²) in [5, 5.41) is 9.08. The molecule has 0 unspecified atom stereocenters. The van der Waals surface area contributed by atoms with E-state index in [9.17, 15) is 9.18 Å². The quantitative estimate of drug-likeness (QED) is 0.867. The Bertz CT molecular complexity index is 457. The molecule has 0 spiro atoms. The molecule has 5 nitrogen and oxygen atoms in total. The van der Waals surface area contributed by atoms with Crippen molar-refractivity contribution < 1.29 is 19.0 Å². The Morgan fingerprint density at radius 2 is 2.11 bits per heavy atom. The van der Waals surface area contributed by atoms with Crippen LogP contribution in [-0.4, -0.2) is 41.4 Å². The first kappa shape index (κ1) is 12.8. The van der Waals surface area contributed by atoms with Crippen LogP contribution in [0.1, 0.15) is 24.3 Å². The summed E-state index contributed by atoms with van der Waals surface area (Å²) < 4.78 is 18.8. The summed E-state index contributed by atoms with van der Waals surface area (Å²) in [6.45, 7) is 4.84. The van der Waals surface area contributed by atoms with Crippen molar-refractivity contribution >= 4 is 11.7 Å². The van der Waals surface area contributed by atoms with E-state index < -0.39 is 11.8 Å². The molecule has 18 heavy (non-hydrogen) atoms. The number of anilines is 1. The van der Waals surface area contributed by atoms with Crippen LogP contribution < -0.4 is 4.90 Å². The molecule has 1 aliphatic heterocycles. The highest BCUT2D eigenvalue weighted by molar-refractivity contribution is 5.92. The molecule has 2 rings (SSSR count). The smallest absolute Gasteiger partial charge is 0.356 e. The molecule has 1 saturated heterocycles. The van der Waals surface area contributed by atoms with Crippen molar-refractivity contribution in [2.75, 3.05) is 18.0 Å². The summed E-state index contributed by atoms with van der Waals surface area (Å²) in [6.07, 6.45) is 0.859. The number of aromatic carboxylic acids is 1. The fraction of sp³-hybridized carbons (Fsp3) is 0.500. The van der Waals surface area contributed by atoms with E-state index in [4.69, 9.17) is 9.84 Å². The number of carboxylic acids is 1. The number of aromatic nitrogens is 1. The Kier molecular flexibility index (Phi) is 3.47. The van der Waals surface area contributed by atoms with Crippen molar-refractivity contribution in [2.24, 2.45) is 0 Å². The van der Waals surface area contributed by atoms with Crippen LogP contribution >= 0.6 is 0 Å². The lowest BCUT2D eigenvalue weighted by atomic mass is 10.2. The first-order valence-corrected chi connectivity index (χ1v) is 5.76. The number of pyridine rings is 1. The third-order valence-corrected chi connectivity index (χ3v) is 2.80. The summed E-state index contributed by atoms with van der Waals surface area (Å²) in [4.78, 5) is 16.5. The van der Waals surface area contributed by atoms with Gasteiger partial charge in [0.1, 0.15) is 5.82 Å². The van der Waals surface area contributed by atoms with Crippen molar-refractivity contribution in [2.45, 2.75) is 26.1 Å². The predicted octanol–water partition coefficient (Wildman–Crippen LogP) is 1.53. The zero-order valence-electron chi connectivity index (χ0n) is 10.3. The van der Waals surface area contributed by atoms with Gasteiger partial charge in [0.25, 0.3) is 0 Å². The van der Waals surface area contributed by atoms with Crippen molar-refractivity contribution in [3.8, 4) is 0 Å². The van der Waals surface area contributed by atoms with E-state index in [1.54, 1.807) is 4.90 Å². The van der Waals surface area contributed by atoms with Crippen LogP contribution in [0, 0.1) is 5.82 Å². The van der Waals surface area contributed by atoms with Gasteiger partial charge in [0.15, 0.2) is 5.69 Å². The molecule has 0 aromatic carbocycles. The molecule has 1 aromatic rings. The van der Waals surface area contributed by atoms with Crippen LogP contribution in [-0.2, 0) is 4.74 Å². The van der Waals surface area contributed by atoms with E-state index in [1.807, 2.05) is 13.8 Å². The van der Waals surface area contributed by atoms with Gasteiger partial charge in [0.2, 0.25) is 0 Å². The lowest BCUT2D eigenvalue weighted by molar-refractivity contribution is -0.00536. The molecule has 2 heterocycles. The molecule has 1 aromatic heterocycles. The molecule has 6 heteroatoms. The van der Waals surface area contributed by atoms with E-state index in [0.29, 0.717) is 18.8 Å². The van der Waals surface area contributed by atoms with Gasteiger partial charge in [-0.2, -0.15) is 0 Å². The predicted molar refractivity (Wildman–Crippen MR) is 63.4 cm³/mol. The van der Waals surface area contributed by atoms with E-state index in [-0.39, 0.29) is 17.9 Å². The van der Waals surface area contributed by atoms with Gasteiger partial charge in [-0.25, -0.2) is 14.2 Å². The van der Waals surface area contributed by atoms with E-state index in [0.717, 1.165) is 6.20 Å². The molecule has 1 aliphatic rings. The first-order chi connectivity index (χ1) is 8.47. The van der Waals surface area contributed by atoms with Gasteiger partial charge in [-0.15, -0.1) is 0 Å². The number of hydrogen-bond acceptors (Lipinski definition) is 4. The Labute approximate surface area is 104 Å². The molecule has 0 amide bonds. The van der Waals surface area contributed by atoms with Gasteiger partial charge in [0.05, 0.1) is 24.1 Å². The Hall–Kier alpha value is -1.69. The van der Waals surface area contributed by atoms with E-state index >= 15 is 0 Å². The van der Waals surface area contributed by atoms with Crippen LogP contribution in [0.25, 0.3) is 0 Å². The fourth-order valence-electron chi connectivity index (χ4n) is 2.21. The SMILES string of the molecule is C[C@@H]1CN(c2cc(F)cnc2C(=O)O)C[C@H](C)O1. The van der Waals surface area contributed by atoms with Crippen LogP contribution in [0.3, 0.4) is 0 Å². The summed E-state index contributed by atoms with van der Waals surface area (Å²) in [6, 6.07) is 1.21. The number of carbonyl (C=O) groups is 1. The number of morpholine rings is 1. The Morgan fingerprint density at radius 3 is 2.67 bits per heavy atom. The second-order valence-electron chi connectivity index (χ2n) is 4.49. The maximum absolute atomic E-state index is 13.2. The molecule has 0 bridgehead atoms. The Morgan fingerprint density at radius 1 is 1.50 bits per heavy atom. The first-order valence-electron chi connectivity index (χ1n) is 5.76.